The van der Waals surface area contributed by atoms with Gasteiger partial charge in [0.15, 0.2) is 0 Å². The Labute approximate surface area is 96.6 Å². The first-order chi connectivity index (χ1) is 7.04. The van der Waals surface area contributed by atoms with Crippen molar-refractivity contribution in [1.29, 1.82) is 0 Å². The van der Waals surface area contributed by atoms with Crippen LogP contribution in [-0.4, -0.2) is 19.4 Å². The van der Waals surface area contributed by atoms with Gasteiger partial charge in [-0.3, -0.25) is 0 Å². The smallest absolute Gasteiger partial charge is 0.119 e. The lowest BCUT2D eigenvalue weighted by atomic mass is 9.45. The summed E-state index contributed by atoms with van der Waals surface area (Å²) < 4.78 is 0. The summed E-state index contributed by atoms with van der Waals surface area (Å²) in [6.07, 6.45) is 3.99. The summed E-state index contributed by atoms with van der Waals surface area (Å²) in [7, 11) is 2.58. The van der Waals surface area contributed by atoms with Crippen molar-refractivity contribution in [2.45, 2.75) is 77.6 Å². The molecular weight excluding hydrogens is 181 g/mol. The van der Waals surface area contributed by atoms with Crippen molar-refractivity contribution in [1.82, 2.24) is 5.32 Å². The molecule has 0 bridgehead atoms. The molecule has 1 radical (unpaired) electrons. The first kappa shape index (κ1) is 13.1. The average Bonchev–Trinajstić information content (AvgIpc) is 2.21. The van der Waals surface area contributed by atoms with E-state index in [1.807, 2.05) is 0 Å². The third-order valence-corrected chi connectivity index (χ3v) is 4.21. The maximum absolute atomic E-state index is 3.70. The van der Waals surface area contributed by atoms with E-state index in [0.717, 1.165) is 17.6 Å². The lowest BCUT2D eigenvalue weighted by molar-refractivity contribution is 0.376. The van der Waals surface area contributed by atoms with E-state index in [1.165, 1.54) is 19.3 Å². The molecular formula is C13H27BN. The van der Waals surface area contributed by atoms with Gasteiger partial charge in [-0.05, 0) is 25.3 Å². The highest BCUT2D eigenvalue weighted by Gasteiger charge is 2.29. The Hall–Kier alpha value is 0.0249. The van der Waals surface area contributed by atoms with Gasteiger partial charge in [0.25, 0.3) is 0 Å². The maximum Gasteiger partial charge on any atom is 0.119 e. The molecule has 0 unspecified atom stereocenters. The van der Waals surface area contributed by atoms with Crippen molar-refractivity contribution in [2.24, 2.45) is 5.92 Å². The largest absolute Gasteiger partial charge is 0.312 e. The molecule has 0 saturated carbocycles. The van der Waals surface area contributed by atoms with E-state index in [4.69, 9.17) is 0 Å². The minimum absolute atomic E-state index is 0.648. The van der Waals surface area contributed by atoms with Crippen LogP contribution >= 0.6 is 0 Å². The van der Waals surface area contributed by atoms with Gasteiger partial charge in [0.1, 0.15) is 7.28 Å². The fourth-order valence-corrected chi connectivity index (χ4v) is 2.50. The molecule has 0 amide bonds. The zero-order chi connectivity index (χ0) is 11.4. The Morgan fingerprint density at radius 1 is 1.27 bits per heavy atom. The summed E-state index contributed by atoms with van der Waals surface area (Å²) in [6.45, 7) is 11.6. The minimum Gasteiger partial charge on any atom is -0.312 e. The Bertz CT molecular complexity index is 183. The zero-order valence-electron chi connectivity index (χ0n) is 11.1. The second-order valence-electron chi connectivity index (χ2n) is 5.53. The molecule has 0 aromatic heterocycles. The van der Waals surface area contributed by atoms with Gasteiger partial charge in [0.05, 0.1) is 0 Å². The molecule has 1 fully saturated rings. The summed E-state index contributed by atoms with van der Waals surface area (Å²) in [4.78, 5) is 0. The predicted molar refractivity (Wildman–Crippen MR) is 69.7 cm³/mol. The van der Waals surface area contributed by atoms with E-state index in [0.29, 0.717) is 12.1 Å². The van der Waals surface area contributed by atoms with Crippen molar-refractivity contribution in [3.8, 4) is 0 Å². The van der Waals surface area contributed by atoms with Crippen LogP contribution in [0, 0.1) is 5.92 Å². The van der Waals surface area contributed by atoms with Crippen LogP contribution in [0.1, 0.15) is 53.9 Å². The molecule has 1 nitrogen and oxygen atoms in total. The van der Waals surface area contributed by atoms with E-state index >= 15 is 0 Å². The van der Waals surface area contributed by atoms with Crippen LogP contribution in [0.5, 0.6) is 0 Å². The molecule has 2 heteroatoms. The van der Waals surface area contributed by atoms with Crippen molar-refractivity contribution in [3.63, 3.8) is 0 Å². The SMILES string of the molecule is CC[C@H](C)N[C@H](C)[C@H]1[B][C@@H](C)[C@@H](C)CC1. The van der Waals surface area contributed by atoms with Crippen molar-refractivity contribution in [2.75, 3.05) is 0 Å². The Morgan fingerprint density at radius 2 is 1.93 bits per heavy atom. The van der Waals surface area contributed by atoms with Crippen LogP contribution < -0.4 is 5.32 Å². The maximum atomic E-state index is 3.70. The first-order valence-electron chi connectivity index (χ1n) is 6.65. The number of hydrogen-bond acceptors (Lipinski definition) is 1. The van der Waals surface area contributed by atoms with Gasteiger partial charge in [-0.15, -0.1) is 0 Å². The van der Waals surface area contributed by atoms with Gasteiger partial charge in [-0.2, -0.15) is 0 Å². The third-order valence-electron chi connectivity index (χ3n) is 4.21. The van der Waals surface area contributed by atoms with Gasteiger partial charge in [-0.25, -0.2) is 0 Å². The standard InChI is InChI=1S/C13H27BN/c1-6-10(3)15-12(5)13-8-7-9(2)11(4)14-13/h9-13,15H,6-8H2,1-5H3/t9-,10-,11-,12+,13-/m0/s1. The molecule has 0 spiro atoms. The molecule has 5 atom stereocenters. The average molecular weight is 208 g/mol. The fourth-order valence-electron chi connectivity index (χ4n) is 2.50. The number of rotatable bonds is 4. The highest BCUT2D eigenvalue weighted by Crippen LogP contribution is 2.36. The summed E-state index contributed by atoms with van der Waals surface area (Å²) in [6, 6.07) is 1.30. The molecule has 1 aliphatic rings. The van der Waals surface area contributed by atoms with Gasteiger partial charge >= 0.3 is 0 Å². The zero-order valence-corrected chi connectivity index (χ0v) is 11.1. The molecule has 15 heavy (non-hydrogen) atoms. The van der Waals surface area contributed by atoms with Gasteiger partial charge in [0, 0.05) is 6.04 Å². The minimum atomic E-state index is 0.648. The molecule has 1 heterocycles. The molecule has 0 aromatic rings. The van der Waals surface area contributed by atoms with Crippen molar-refractivity contribution in [3.05, 3.63) is 0 Å². The monoisotopic (exact) mass is 208 g/mol. The van der Waals surface area contributed by atoms with Gasteiger partial charge in [-0.1, -0.05) is 52.2 Å². The van der Waals surface area contributed by atoms with Crippen LogP contribution in [0.2, 0.25) is 11.6 Å². The van der Waals surface area contributed by atoms with E-state index < -0.39 is 0 Å². The second-order valence-corrected chi connectivity index (χ2v) is 5.53. The summed E-state index contributed by atoms with van der Waals surface area (Å²) in [5.41, 5.74) is 0. The lowest BCUT2D eigenvalue weighted by Gasteiger charge is -2.36. The summed E-state index contributed by atoms with van der Waals surface area (Å²) >= 11 is 0. The van der Waals surface area contributed by atoms with Crippen LogP contribution in [-0.2, 0) is 0 Å². The number of hydrogen-bond donors (Lipinski definition) is 1. The highest BCUT2D eigenvalue weighted by atomic mass is 14.9. The van der Waals surface area contributed by atoms with Crippen LogP contribution in [0.15, 0.2) is 0 Å². The normalized spacial score (nSPS) is 35.7. The quantitative estimate of drug-likeness (QED) is 0.697. The molecule has 1 rings (SSSR count). The molecule has 1 saturated heterocycles. The highest BCUT2D eigenvalue weighted by molar-refractivity contribution is 6.40. The molecule has 0 aromatic carbocycles. The van der Waals surface area contributed by atoms with Crippen LogP contribution in [0.4, 0.5) is 0 Å². The lowest BCUT2D eigenvalue weighted by Crippen LogP contribution is -2.41. The summed E-state index contributed by atoms with van der Waals surface area (Å²) in [5.74, 6) is 2.46. The molecule has 0 aliphatic carbocycles. The Kier molecular flexibility index (Phi) is 5.18. The van der Waals surface area contributed by atoms with E-state index in [1.54, 1.807) is 0 Å². The van der Waals surface area contributed by atoms with Crippen molar-refractivity contribution >= 4 is 7.28 Å². The van der Waals surface area contributed by atoms with Crippen molar-refractivity contribution < 1.29 is 0 Å². The van der Waals surface area contributed by atoms with E-state index in [-0.39, 0.29) is 0 Å². The predicted octanol–water partition coefficient (Wildman–Crippen LogP) is 3.49. The topological polar surface area (TPSA) is 12.0 Å². The molecule has 87 valence electrons. The summed E-state index contributed by atoms with van der Waals surface area (Å²) in [5, 5.41) is 3.70. The van der Waals surface area contributed by atoms with Crippen LogP contribution in [0.3, 0.4) is 0 Å². The Balaban J connectivity index is 2.37. The second kappa shape index (κ2) is 5.93. The van der Waals surface area contributed by atoms with E-state index in [9.17, 15) is 0 Å². The van der Waals surface area contributed by atoms with Gasteiger partial charge < -0.3 is 5.32 Å². The first-order valence-corrected chi connectivity index (χ1v) is 6.65. The van der Waals surface area contributed by atoms with Crippen LogP contribution in [0.25, 0.3) is 0 Å². The number of nitrogens with one attached hydrogen (secondary N) is 1. The van der Waals surface area contributed by atoms with E-state index in [2.05, 4.69) is 47.2 Å². The molecule has 1 N–H and O–H groups in total. The van der Waals surface area contributed by atoms with Gasteiger partial charge in [0.2, 0.25) is 0 Å². The molecule has 1 aliphatic heterocycles. The Morgan fingerprint density at radius 3 is 2.47 bits per heavy atom. The third kappa shape index (κ3) is 3.83. The fraction of sp³-hybridized carbons (Fsp3) is 1.00.